The van der Waals surface area contributed by atoms with Gasteiger partial charge in [0, 0.05) is 30.1 Å². The van der Waals surface area contributed by atoms with Crippen LogP contribution in [0.25, 0.3) is 10.9 Å². The molecular formula is C30H37NO5. The molecule has 6 heteroatoms. The molecule has 0 aliphatic heterocycles. The molecule has 2 aromatic carbocycles. The summed E-state index contributed by atoms with van der Waals surface area (Å²) in [6, 6.07) is 14.6. The molecule has 1 aromatic heterocycles. The lowest BCUT2D eigenvalue weighted by Crippen LogP contribution is -2.17. The van der Waals surface area contributed by atoms with Crippen molar-refractivity contribution in [3.8, 4) is 5.75 Å². The van der Waals surface area contributed by atoms with Crippen LogP contribution in [-0.2, 0) is 16.0 Å². The number of fused-ring (bicyclic) bond motifs is 1. The van der Waals surface area contributed by atoms with Crippen molar-refractivity contribution in [2.45, 2.75) is 40.2 Å². The molecule has 0 N–H and O–H groups in total. The van der Waals surface area contributed by atoms with Crippen molar-refractivity contribution in [2.24, 2.45) is 0 Å². The van der Waals surface area contributed by atoms with Gasteiger partial charge < -0.3 is 18.8 Å². The number of hydrogen-bond acceptors (Lipinski definition) is 5. The van der Waals surface area contributed by atoms with Crippen molar-refractivity contribution in [3.05, 3.63) is 89.7 Å². The fraction of sp³-hybridized carbons (Fsp3) is 0.333. The summed E-state index contributed by atoms with van der Waals surface area (Å²) in [7, 11) is 3.22. The molecule has 0 unspecified atom stereocenters. The van der Waals surface area contributed by atoms with Crippen LogP contribution in [0.1, 0.15) is 60.0 Å². The van der Waals surface area contributed by atoms with Crippen molar-refractivity contribution >= 4 is 22.7 Å². The maximum absolute atomic E-state index is 13.6. The van der Waals surface area contributed by atoms with E-state index in [-0.39, 0.29) is 12.4 Å². The number of esters is 1. The average Bonchev–Trinajstić information content (AvgIpc) is 3.24. The highest BCUT2D eigenvalue weighted by molar-refractivity contribution is 6.21. The van der Waals surface area contributed by atoms with Crippen LogP contribution in [0.2, 0.25) is 0 Å². The maximum atomic E-state index is 13.6. The molecule has 0 bridgehead atoms. The first kappa shape index (κ1) is 28.6. The van der Waals surface area contributed by atoms with E-state index < -0.39 is 5.97 Å². The third-order valence-electron chi connectivity index (χ3n) is 5.82. The van der Waals surface area contributed by atoms with Gasteiger partial charge in [0.05, 0.1) is 25.9 Å². The molecule has 3 rings (SSSR count). The van der Waals surface area contributed by atoms with E-state index in [1.54, 1.807) is 51.5 Å². The predicted octanol–water partition coefficient (Wildman–Crippen LogP) is 6.62. The highest BCUT2D eigenvalue weighted by atomic mass is 16.5. The Hall–Kier alpha value is -3.64. The van der Waals surface area contributed by atoms with Crippen LogP contribution in [0.4, 0.5) is 0 Å². The van der Waals surface area contributed by atoms with Gasteiger partial charge >= 0.3 is 5.97 Å². The van der Waals surface area contributed by atoms with E-state index in [2.05, 4.69) is 24.3 Å². The van der Waals surface area contributed by atoms with Gasteiger partial charge in [-0.25, -0.2) is 4.79 Å². The van der Waals surface area contributed by atoms with E-state index in [1.807, 2.05) is 35.8 Å². The Morgan fingerprint density at radius 3 is 2.25 bits per heavy atom. The van der Waals surface area contributed by atoms with Crippen molar-refractivity contribution < 1.29 is 23.8 Å². The molecule has 36 heavy (non-hydrogen) atoms. The lowest BCUT2D eigenvalue weighted by atomic mass is 10.00. The molecule has 192 valence electrons. The Bertz CT molecular complexity index is 1190. The number of carbonyl (C=O) groups is 2. The van der Waals surface area contributed by atoms with Crippen molar-refractivity contribution in [1.82, 2.24) is 4.57 Å². The molecule has 6 nitrogen and oxygen atoms in total. The molecule has 0 aliphatic rings. The Morgan fingerprint density at radius 2 is 1.72 bits per heavy atom. The van der Waals surface area contributed by atoms with Gasteiger partial charge in [0.25, 0.3) is 0 Å². The van der Waals surface area contributed by atoms with E-state index in [0.29, 0.717) is 35.7 Å². The number of allylic oxidation sites excluding steroid dienone is 2. The fourth-order valence-electron chi connectivity index (χ4n) is 3.96. The topological polar surface area (TPSA) is 66.8 Å². The summed E-state index contributed by atoms with van der Waals surface area (Å²) in [4.78, 5) is 26.6. The van der Waals surface area contributed by atoms with E-state index in [1.165, 1.54) is 5.57 Å². The number of nitrogens with zero attached hydrogens (tertiary/aromatic N) is 1. The van der Waals surface area contributed by atoms with Crippen molar-refractivity contribution in [3.63, 3.8) is 0 Å². The van der Waals surface area contributed by atoms with Crippen LogP contribution in [0, 0.1) is 0 Å². The van der Waals surface area contributed by atoms with Crippen LogP contribution >= 0.6 is 0 Å². The number of ether oxygens (including phenoxy) is 3. The first-order valence-electron chi connectivity index (χ1n) is 12.2. The summed E-state index contributed by atoms with van der Waals surface area (Å²) in [6.07, 6.45) is 5.56. The van der Waals surface area contributed by atoms with Crippen LogP contribution in [0.3, 0.4) is 0 Å². The second-order valence-corrected chi connectivity index (χ2v) is 7.96. The number of aryl methyl sites for hydroxylation is 1. The van der Waals surface area contributed by atoms with Crippen molar-refractivity contribution in [2.75, 3.05) is 27.4 Å². The SMILES string of the molecule is C/C=C(\CC)CCn1c(C(=O)OCC)c(C(=O)c2ccc(OC)cc2)c2ccccc21.C=CCOC. The number of carbonyl (C=O) groups excluding carboxylic acids is 2. The fourth-order valence-corrected chi connectivity index (χ4v) is 3.96. The number of aromatic nitrogens is 1. The molecule has 1 heterocycles. The molecule has 0 fully saturated rings. The first-order chi connectivity index (χ1) is 17.5. The lowest BCUT2D eigenvalue weighted by molar-refractivity contribution is 0.0511. The number of hydrogen-bond donors (Lipinski definition) is 0. The predicted molar refractivity (Wildman–Crippen MR) is 145 cm³/mol. The van der Waals surface area contributed by atoms with Crippen LogP contribution in [0.5, 0.6) is 5.75 Å². The van der Waals surface area contributed by atoms with Gasteiger partial charge in [-0.15, -0.1) is 6.58 Å². The Kier molecular flexibility index (Phi) is 11.7. The summed E-state index contributed by atoms with van der Waals surface area (Å²) in [6.45, 7) is 10.8. The van der Waals surface area contributed by atoms with E-state index in [4.69, 9.17) is 9.47 Å². The smallest absolute Gasteiger partial charge is 0.355 e. The molecule has 0 aliphatic carbocycles. The van der Waals surface area contributed by atoms with Gasteiger partial charge in [-0.1, -0.05) is 42.8 Å². The molecule has 3 aromatic rings. The number of rotatable bonds is 11. The minimum Gasteiger partial charge on any atom is -0.497 e. The standard InChI is InChI=1S/C26H29NO4.C4H8O/c1-5-18(6-2)16-17-27-22-11-9-8-10-21(22)23(24(27)26(29)31-7-3)25(28)19-12-14-20(30-4)15-13-19;1-3-4-5-2/h5,8-15H,6-7,16-17H2,1-4H3;3H,1,4H2,2H3/b18-5+;. The molecular weight excluding hydrogens is 454 g/mol. The molecule has 0 saturated carbocycles. The highest BCUT2D eigenvalue weighted by Crippen LogP contribution is 2.30. The zero-order chi connectivity index (χ0) is 26.5. The molecule has 0 saturated heterocycles. The average molecular weight is 492 g/mol. The van der Waals surface area contributed by atoms with Gasteiger partial charge in [0.15, 0.2) is 5.78 Å². The summed E-state index contributed by atoms with van der Waals surface area (Å²) in [5.74, 6) is -0.0143. The minimum absolute atomic E-state index is 0.206. The van der Waals surface area contributed by atoms with Gasteiger partial charge in [0.2, 0.25) is 0 Å². The van der Waals surface area contributed by atoms with Crippen LogP contribution in [0.15, 0.2) is 72.8 Å². The van der Waals surface area contributed by atoms with Crippen LogP contribution in [-0.4, -0.2) is 43.8 Å². The summed E-state index contributed by atoms with van der Waals surface area (Å²) in [5, 5.41) is 0.755. The monoisotopic (exact) mass is 491 g/mol. The highest BCUT2D eigenvalue weighted by Gasteiger charge is 2.28. The molecule has 0 atom stereocenters. The summed E-state index contributed by atoms with van der Waals surface area (Å²) in [5.41, 5.74) is 3.36. The molecule has 0 radical (unpaired) electrons. The minimum atomic E-state index is -0.478. The van der Waals surface area contributed by atoms with Gasteiger partial charge in [-0.3, -0.25) is 4.79 Å². The molecule has 0 amide bonds. The lowest BCUT2D eigenvalue weighted by Gasteiger charge is -2.12. The Labute approximate surface area is 214 Å². The first-order valence-corrected chi connectivity index (χ1v) is 12.2. The normalized spacial score (nSPS) is 11.0. The van der Waals surface area contributed by atoms with Gasteiger partial charge in [-0.05, 0) is 57.0 Å². The van der Waals surface area contributed by atoms with Crippen LogP contribution < -0.4 is 4.74 Å². The number of para-hydroxylation sites is 1. The van der Waals surface area contributed by atoms with Gasteiger partial charge in [-0.2, -0.15) is 0 Å². The zero-order valence-electron chi connectivity index (χ0n) is 22.0. The maximum Gasteiger partial charge on any atom is 0.355 e. The number of ketones is 1. The summed E-state index contributed by atoms with van der Waals surface area (Å²) < 4.78 is 17.1. The van der Waals surface area contributed by atoms with E-state index in [9.17, 15) is 9.59 Å². The quantitative estimate of drug-likeness (QED) is 0.171. The largest absolute Gasteiger partial charge is 0.497 e. The number of methoxy groups -OCH3 is 2. The van der Waals surface area contributed by atoms with Crippen molar-refractivity contribution in [1.29, 1.82) is 0 Å². The zero-order valence-corrected chi connectivity index (χ0v) is 22.0. The third kappa shape index (κ3) is 6.95. The second kappa shape index (κ2) is 14.7. The Morgan fingerprint density at radius 1 is 1.03 bits per heavy atom. The Balaban J connectivity index is 0.000000830. The van der Waals surface area contributed by atoms with E-state index >= 15 is 0 Å². The second-order valence-electron chi connectivity index (χ2n) is 7.96. The summed E-state index contributed by atoms with van der Waals surface area (Å²) >= 11 is 0. The number of benzene rings is 2. The third-order valence-corrected chi connectivity index (χ3v) is 5.82. The van der Waals surface area contributed by atoms with E-state index in [0.717, 1.165) is 23.7 Å². The molecule has 0 spiro atoms. The van der Waals surface area contributed by atoms with Gasteiger partial charge in [0.1, 0.15) is 11.4 Å².